The fraction of sp³-hybridized carbons (Fsp3) is 0.657. The molecular formula is C70H109N9O16Si. The quantitative estimate of drug-likeness (QED) is 0.0922. The Hall–Kier alpha value is -7.90. The summed E-state index contributed by atoms with van der Waals surface area (Å²) in [5.41, 5.74) is 1.28. The number of piperidine rings is 1. The molecule has 2 fully saturated rings. The smallest absolute Gasteiger partial charge is 0.344 e. The van der Waals surface area contributed by atoms with Gasteiger partial charge in [-0.05, 0) is 85.1 Å². The van der Waals surface area contributed by atoms with E-state index >= 15 is 14.4 Å². The Labute approximate surface area is 569 Å². The molecule has 0 bridgehead atoms. The zero-order valence-corrected chi connectivity index (χ0v) is 61.2. The molecular weight excluding hydrogens is 1250 g/mol. The highest BCUT2D eigenvalue weighted by atomic mass is 28.3. The van der Waals surface area contributed by atoms with Crippen LogP contribution in [-0.2, 0) is 84.8 Å². The second-order valence-corrected chi connectivity index (χ2v) is 33.6. The zero-order valence-electron chi connectivity index (χ0n) is 60.2. The van der Waals surface area contributed by atoms with E-state index in [0.29, 0.717) is 37.3 Å². The van der Waals surface area contributed by atoms with Crippen molar-refractivity contribution in [2.24, 2.45) is 29.6 Å². The average molecular weight is 1360 g/mol. The molecule has 26 heteroatoms. The van der Waals surface area contributed by atoms with Gasteiger partial charge in [-0.25, -0.2) is 9.59 Å². The Morgan fingerprint density at radius 2 is 1.16 bits per heavy atom. The number of likely N-dealkylation sites (N-methyl/N-ethyl adjacent to an activating group) is 5. The predicted octanol–water partition coefficient (Wildman–Crippen LogP) is 5.23. The lowest BCUT2D eigenvalue weighted by atomic mass is 9.92. The summed E-state index contributed by atoms with van der Waals surface area (Å²) in [6, 6.07) is 5.52. The van der Waals surface area contributed by atoms with Gasteiger partial charge in [-0.2, -0.15) is 0 Å². The van der Waals surface area contributed by atoms with Crippen LogP contribution >= 0.6 is 0 Å². The molecule has 0 aliphatic carbocycles. The van der Waals surface area contributed by atoms with E-state index in [1.165, 1.54) is 61.8 Å². The molecule has 9 amide bonds. The summed E-state index contributed by atoms with van der Waals surface area (Å²) in [6.07, 6.45) is -0.436. The molecule has 0 spiro atoms. The lowest BCUT2D eigenvalue weighted by molar-refractivity contribution is -0.165. The summed E-state index contributed by atoms with van der Waals surface area (Å²) in [6.45, 7) is 24.2. The van der Waals surface area contributed by atoms with Gasteiger partial charge >= 0.3 is 17.9 Å². The van der Waals surface area contributed by atoms with Crippen LogP contribution in [0.5, 0.6) is 5.75 Å². The molecule has 0 saturated carbocycles. The fourth-order valence-electron chi connectivity index (χ4n) is 12.1. The molecule has 3 N–H and O–H groups in total. The summed E-state index contributed by atoms with van der Waals surface area (Å²) in [5.74, 6) is -11.6. The average Bonchev–Trinajstić information content (AvgIpc) is 0.823. The van der Waals surface area contributed by atoms with Crippen LogP contribution in [0.2, 0.25) is 25.7 Å². The van der Waals surface area contributed by atoms with E-state index in [0.717, 1.165) is 15.4 Å². The molecule has 2 heterocycles. The van der Waals surface area contributed by atoms with Crippen LogP contribution in [0.4, 0.5) is 0 Å². The third-order valence-corrected chi connectivity index (χ3v) is 20.0. The topological polar surface area (TPSA) is 297 Å². The predicted molar refractivity (Wildman–Crippen MR) is 364 cm³/mol. The first-order valence-electron chi connectivity index (χ1n) is 33.8. The molecule has 4 rings (SSSR count). The highest BCUT2D eigenvalue weighted by Gasteiger charge is 2.46. The number of esters is 3. The number of nitrogens with one attached hydrogen (secondary N) is 3. The Balaban J connectivity index is 1.85. The van der Waals surface area contributed by atoms with Crippen LogP contribution in [0.3, 0.4) is 0 Å². The van der Waals surface area contributed by atoms with Gasteiger partial charge in [-0.3, -0.25) is 47.9 Å². The van der Waals surface area contributed by atoms with Gasteiger partial charge in [0.25, 0.3) is 5.91 Å². The number of rotatable bonds is 19. The second-order valence-electron chi connectivity index (χ2n) is 28.0. The lowest BCUT2D eigenvalue weighted by Crippen LogP contribution is -2.63. The molecule has 0 radical (unpaired) electrons. The maximum absolute atomic E-state index is 15.3. The van der Waals surface area contributed by atoms with Crippen LogP contribution in [-0.4, -0.2) is 225 Å². The van der Waals surface area contributed by atoms with Crippen LogP contribution in [0.1, 0.15) is 126 Å². The summed E-state index contributed by atoms with van der Waals surface area (Å²) >= 11 is 0. The van der Waals surface area contributed by atoms with Gasteiger partial charge in [0.05, 0.1) is 19.6 Å². The normalized spacial score (nSPS) is 24.3. The van der Waals surface area contributed by atoms with Crippen LogP contribution < -0.4 is 20.7 Å². The minimum absolute atomic E-state index is 0.0515. The molecule has 0 unspecified atom stereocenters. The number of ether oxygens (including phenoxy) is 4. The monoisotopic (exact) mass is 1360 g/mol. The summed E-state index contributed by atoms with van der Waals surface area (Å²) in [7, 11) is 5.24. The fourth-order valence-corrected chi connectivity index (χ4v) is 12.8. The number of hydrogen-bond acceptors (Lipinski definition) is 16. The summed E-state index contributed by atoms with van der Waals surface area (Å²) in [4.78, 5) is 182. The van der Waals surface area contributed by atoms with Crippen LogP contribution in [0, 0.1) is 29.6 Å². The van der Waals surface area contributed by atoms with Crippen molar-refractivity contribution in [1.29, 1.82) is 0 Å². The van der Waals surface area contributed by atoms with E-state index in [2.05, 4.69) is 35.6 Å². The summed E-state index contributed by atoms with van der Waals surface area (Å²) < 4.78 is 22.7. The second kappa shape index (κ2) is 37.0. The number of fused-ring (bicyclic) bond motifs is 1. The molecule has 0 aromatic heterocycles. The SMILES string of the molecule is CC[C@H](C)[C@H]1C(=O)NCC(=O)N(C)[C@@H](C(C)C)C(=O)N[C@@H](Cc2ccc(OCC(=O)OCc3ccccc3)cc2)C(=O)O[C@H](C)C(=O)N2CCCC[C@H]2C(=O)N(C)[C@@H](C(C)C)C(=O)N[C@@H](C(C)C)C(=O)N(C)[C@@H](CC(=O)OCC[Si](C)(C)C)C(=O)N(C)[C@@H]([C@@H](C)CC)C(=O)N1C. The molecule has 2 aliphatic heterocycles. The van der Waals surface area contributed by atoms with Crippen molar-refractivity contribution in [1.82, 2.24) is 45.3 Å². The highest BCUT2D eigenvalue weighted by molar-refractivity contribution is 6.76. The Morgan fingerprint density at radius 3 is 1.73 bits per heavy atom. The van der Waals surface area contributed by atoms with Gasteiger partial charge in [0.2, 0.25) is 47.3 Å². The number of carbonyl (C=O) groups is 12. The number of carbonyl (C=O) groups excluding carboxylic acids is 12. The Kier molecular flexibility index (Phi) is 31.0. The lowest BCUT2D eigenvalue weighted by Gasteiger charge is -2.41. The number of hydrogen-bond donors (Lipinski definition) is 3. The van der Waals surface area contributed by atoms with E-state index in [9.17, 15) is 43.2 Å². The number of nitrogens with zero attached hydrogens (tertiary/aromatic N) is 6. The van der Waals surface area contributed by atoms with Crippen molar-refractivity contribution in [3.8, 4) is 5.75 Å². The van der Waals surface area contributed by atoms with Gasteiger partial charge < -0.3 is 64.3 Å². The van der Waals surface area contributed by atoms with Crippen molar-refractivity contribution in [3.63, 3.8) is 0 Å². The first-order chi connectivity index (χ1) is 45.0. The van der Waals surface area contributed by atoms with Gasteiger partial charge in [-0.1, -0.05) is 144 Å². The van der Waals surface area contributed by atoms with Crippen molar-refractivity contribution in [3.05, 3.63) is 65.7 Å². The molecule has 534 valence electrons. The molecule has 2 saturated heterocycles. The van der Waals surface area contributed by atoms with E-state index in [1.54, 1.807) is 79.7 Å². The van der Waals surface area contributed by atoms with Crippen molar-refractivity contribution in [2.75, 3.05) is 61.5 Å². The Bertz CT molecular complexity index is 3020. The van der Waals surface area contributed by atoms with Crippen molar-refractivity contribution in [2.45, 2.75) is 208 Å². The third-order valence-electron chi connectivity index (χ3n) is 18.3. The van der Waals surface area contributed by atoms with E-state index in [-0.39, 0.29) is 38.3 Å². The number of benzene rings is 2. The summed E-state index contributed by atoms with van der Waals surface area (Å²) in [5, 5.41) is 8.32. The first-order valence-corrected chi connectivity index (χ1v) is 37.5. The molecule has 96 heavy (non-hydrogen) atoms. The van der Waals surface area contributed by atoms with Crippen molar-refractivity contribution < 1.29 is 76.5 Å². The maximum atomic E-state index is 15.3. The zero-order chi connectivity index (χ0) is 72.2. The standard InChI is InChI=1S/C70H109N9O16Si/c1-20-45(9)60-62(83)71-39-54(80)75(13)58(43(5)6)63(84)72-51(37-48-30-32-50(33-31-48)93-41-56(82)94-40-49-27-23-22-24-28-49)70(91)95-47(11)65(86)79-34-26-25-29-52(79)66(87)76(14)59(44(7)8)64(85)73-57(42(3)4)68(89)74(12)53(38-55(81)92-35-36-96(17,18)19)67(88)78(16)61(46(10)21-2)69(90)77(60)15/h22-24,27-28,30-33,42-47,51-53,57-61H,20-21,25-26,29,34-41H2,1-19H3,(H,71,83)(H,72,84)(H,73,85)/t45-,46-,47+,51-,52-,53-,57-,58-,59-,60-,61-/m0/s1. The minimum Gasteiger partial charge on any atom is -0.482 e. The largest absolute Gasteiger partial charge is 0.482 e. The van der Waals surface area contributed by atoms with Gasteiger partial charge in [-0.15, -0.1) is 0 Å². The molecule has 2 aromatic carbocycles. The molecule has 2 aliphatic rings. The van der Waals surface area contributed by atoms with E-state index in [4.69, 9.17) is 18.9 Å². The molecule has 25 nitrogen and oxygen atoms in total. The Morgan fingerprint density at radius 1 is 0.594 bits per heavy atom. The molecule has 2 aromatic rings. The van der Waals surface area contributed by atoms with Crippen LogP contribution in [0.25, 0.3) is 0 Å². The van der Waals surface area contributed by atoms with Crippen molar-refractivity contribution >= 4 is 79.1 Å². The first kappa shape index (κ1) is 80.5. The van der Waals surface area contributed by atoms with Gasteiger partial charge in [0.1, 0.15) is 60.7 Å². The molecule has 11 atom stereocenters. The third kappa shape index (κ3) is 22.3. The minimum atomic E-state index is -1.71. The number of cyclic esters (lactones) is 1. The number of amides is 9. The van der Waals surface area contributed by atoms with E-state index < -0.39 is 183 Å². The highest BCUT2D eigenvalue weighted by Crippen LogP contribution is 2.27. The van der Waals surface area contributed by atoms with E-state index in [1.807, 2.05) is 44.2 Å². The maximum Gasteiger partial charge on any atom is 0.344 e. The van der Waals surface area contributed by atoms with Crippen LogP contribution in [0.15, 0.2) is 54.6 Å². The van der Waals surface area contributed by atoms with Gasteiger partial charge in [0, 0.05) is 56.3 Å². The van der Waals surface area contributed by atoms with Gasteiger partial charge in [0.15, 0.2) is 12.7 Å².